The highest BCUT2D eigenvalue weighted by Crippen LogP contribution is 2.23. The normalized spacial score (nSPS) is 19.4. The number of rotatable bonds is 4. The topological polar surface area (TPSA) is 83.6 Å². The summed E-state index contributed by atoms with van der Waals surface area (Å²) in [6, 6.07) is -0.00606. The van der Waals surface area contributed by atoms with E-state index in [1.807, 2.05) is 0 Å². The molecule has 0 bridgehead atoms. The molecule has 0 radical (unpaired) electrons. The molecule has 6 nitrogen and oxygen atoms in total. The minimum atomic E-state index is -0.824. The van der Waals surface area contributed by atoms with Gasteiger partial charge in [0.1, 0.15) is 5.76 Å². The maximum atomic E-state index is 12.4. The maximum absolute atomic E-state index is 12.4. The maximum Gasteiger partial charge on any atom is 0.303 e. The van der Waals surface area contributed by atoms with Gasteiger partial charge in [-0.15, -0.1) is 0 Å². The lowest BCUT2D eigenvalue weighted by molar-refractivity contribution is -0.137. The molecule has 6 heteroatoms. The van der Waals surface area contributed by atoms with Gasteiger partial charge in [-0.25, -0.2) is 4.98 Å². The van der Waals surface area contributed by atoms with Crippen molar-refractivity contribution in [2.24, 2.45) is 0 Å². The van der Waals surface area contributed by atoms with Crippen LogP contribution in [0, 0.1) is 6.92 Å². The van der Waals surface area contributed by atoms with Crippen LogP contribution in [0.3, 0.4) is 0 Å². The minimum Gasteiger partial charge on any atom is -0.481 e. The number of nitrogens with zero attached hydrogens (tertiary/aromatic N) is 2. The summed E-state index contributed by atoms with van der Waals surface area (Å²) in [5.74, 6) is -0.468. The van der Waals surface area contributed by atoms with Crippen LogP contribution in [0.1, 0.15) is 48.4 Å². The number of hydrogen-bond acceptors (Lipinski definition) is 4. The highest BCUT2D eigenvalue weighted by Gasteiger charge is 2.29. The average molecular weight is 266 g/mol. The van der Waals surface area contributed by atoms with Gasteiger partial charge >= 0.3 is 5.97 Å². The summed E-state index contributed by atoms with van der Waals surface area (Å²) < 4.78 is 5.06. The average Bonchev–Trinajstić information content (AvgIpc) is 2.82. The number of piperidine rings is 1. The van der Waals surface area contributed by atoms with Crippen LogP contribution in [-0.4, -0.2) is 39.5 Å². The van der Waals surface area contributed by atoms with Crippen molar-refractivity contribution in [3.63, 3.8) is 0 Å². The number of aliphatic carboxylic acids is 1. The Hall–Kier alpha value is -1.85. The van der Waals surface area contributed by atoms with E-state index in [2.05, 4.69) is 4.98 Å². The molecule has 2 rings (SSSR count). The van der Waals surface area contributed by atoms with E-state index >= 15 is 0 Å². The van der Waals surface area contributed by atoms with E-state index in [9.17, 15) is 9.59 Å². The number of likely N-dealkylation sites (tertiary alicyclic amines) is 1. The SMILES string of the molecule is Cc1ocnc1C(=O)N1CCCCC1CCC(=O)O. The number of hydrogen-bond donors (Lipinski definition) is 1. The third kappa shape index (κ3) is 3.13. The lowest BCUT2D eigenvalue weighted by atomic mass is 9.97. The molecule has 104 valence electrons. The van der Waals surface area contributed by atoms with Crippen LogP contribution in [0.25, 0.3) is 0 Å². The highest BCUT2D eigenvalue weighted by atomic mass is 16.4. The first kappa shape index (κ1) is 13.6. The predicted octanol–water partition coefficient (Wildman–Crippen LogP) is 1.84. The number of aromatic nitrogens is 1. The number of carboxylic acids is 1. The Balaban J connectivity index is 2.08. The zero-order valence-electron chi connectivity index (χ0n) is 11.0. The second-order valence-electron chi connectivity index (χ2n) is 4.84. The fourth-order valence-electron chi connectivity index (χ4n) is 2.50. The molecular weight excluding hydrogens is 248 g/mol. The molecule has 1 atom stereocenters. The van der Waals surface area contributed by atoms with Crippen LogP contribution < -0.4 is 0 Å². The second-order valence-corrected chi connectivity index (χ2v) is 4.84. The summed E-state index contributed by atoms with van der Waals surface area (Å²) in [5.41, 5.74) is 0.335. The number of aryl methyl sites for hydroxylation is 1. The van der Waals surface area contributed by atoms with Gasteiger partial charge in [0.05, 0.1) is 0 Å². The molecule has 1 aliphatic rings. The van der Waals surface area contributed by atoms with Gasteiger partial charge < -0.3 is 14.4 Å². The molecule has 1 amide bonds. The zero-order valence-corrected chi connectivity index (χ0v) is 11.0. The first-order valence-electron chi connectivity index (χ1n) is 6.52. The number of carbonyl (C=O) groups is 2. The van der Waals surface area contributed by atoms with E-state index in [0.29, 0.717) is 24.4 Å². The lowest BCUT2D eigenvalue weighted by Crippen LogP contribution is -2.44. The van der Waals surface area contributed by atoms with Crippen LogP contribution in [0.5, 0.6) is 0 Å². The Kier molecular flexibility index (Phi) is 4.19. The molecule has 1 saturated heterocycles. The summed E-state index contributed by atoms with van der Waals surface area (Å²) in [5, 5.41) is 8.77. The van der Waals surface area contributed by atoms with Crippen molar-refractivity contribution in [1.82, 2.24) is 9.88 Å². The monoisotopic (exact) mass is 266 g/mol. The van der Waals surface area contributed by atoms with Crippen molar-refractivity contribution in [3.8, 4) is 0 Å². The van der Waals surface area contributed by atoms with Crippen LogP contribution in [-0.2, 0) is 4.79 Å². The Morgan fingerprint density at radius 2 is 2.32 bits per heavy atom. The first-order chi connectivity index (χ1) is 9.09. The smallest absolute Gasteiger partial charge is 0.303 e. The van der Waals surface area contributed by atoms with Gasteiger partial charge in [-0.2, -0.15) is 0 Å². The third-order valence-electron chi connectivity index (χ3n) is 3.53. The summed E-state index contributed by atoms with van der Waals surface area (Å²) >= 11 is 0. The molecule has 1 fully saturated rings. The van der Waals surface area contributed by atoms with Crippen molar-refractivity contribution in [1.29, 1.82) is 0 Å². The molecule has 1 aliphatic heterocycles. The van der Waals surface area contributed by atoms with Gasteiger partial charge in [0.2, 0.25) is 0 Å². The van der Waals surface area contributed by atoms with Crippen molar-refractivity contribution in [2.75, 3.05) is 6.54 Å². The van der Waals surface area contributed by atoms with Crippen molar-refractivity contribution in [2.45, 2.75) is 45.1 Å². The summed E-state index contributed by atoms with van der Waals surface area (Å²) in [4.78, 5) is 28.8. The van der Waals surface area contributed by atoms with Crippen molar-refractivity contribution >= 4 is 11.9 Å². The van der Waals surface area contributed by atoms with Crippen LogP contribution in [0.15, 0.2) is 10.8 Å². The molecule has 1 N–H and O–H groups in total. The number of carboxylic acid groups (broad SMARTS) is 1. The molecule has 0 saturated carbocycles. The van der Waals surface area contributed by atoms with Gasteiger partial charge in [0.25, 0.3) is 5.91 Å². The molecule has 2 heterocycles. The van der Waals surface area contributed by atoms with Gasteiger partial charge in [-0.05, 0) is 32.6 Å². The summed E-state index contributed by atoms with van der Waals surface area (Å²) in [6.07, 6.45) is 4.69. The zero-order chi connectivity index (χ0) is 13.8. The van der Waals surface area contributed by atoms with Gasteiger partial charge in [-0.1, -0.05) is 0 Å². The quantitative estimate of drug-likeness (QED) is 0.899. The molecule has 0 spiro atoms. The molecule has 1 unspecified atom stereocenters. The third-order valence-corrected chi connectivity index (χ3v) is 3.53. The van der Waals surface area contributed by atoms with Gasteiger partial charge in [-0.3, -0.25) is 9.59 Å². The standard InChI is InChI=1S/C13H18N2O4/c1-9-12(14-8-19-9)13(18)15-7-3-2-4-10(15)5-6-11(16)17/h8,10H,2-7H2,1H3,(H,16,17). The summed E-state index contributed by atoms with van der Waals surface area (Å²) in [6.45, 7) is 2.37. The highest BCUT2D eigenvalue weighted by molar-refractivity contribution is 5.93. The molecule has 0 aliphatic carbocycles. The Morgan fingerprint density at radius 1 is 1.53 bits per heavy atom. The second kappa shape index (κ2) is 5.86. The number of carbonyl (C=O) groups excluding carboxylic acids is 1. The van der Waals surface area contributed by atoms with E-state index in [-0.39, 0.29) is 18.4 Å². The Morgan fingerprint density at radius 3 is 2.95 bits per heavy atom. The number of oxazole rings is 1. The van der Waals surface area contributed by atoms with Crippen LogP contribution >= 0.6 is 0 Å². The van der Waals surface area contributed by atoms with Crippen molar-refractivity contribution in [3.05, 3.63) is 17.8 Å². The Labute approximate surface area is 111 Å². The van der Waals surface area contributed by atoms with E-state index in [0.717, 1.165) is 19.3 Å². The Bertz CT molecular complexity index is 469. The first-order valence-corrected chi connectivity index (χ1v) is 6.52. The predicted molar refractivity (Wildman–Crippen MR) is 66.8 cm³/mol. The van der Waals surface area contributed by atoms with E-state index < -0.39 is 5.97 Å². The van der Waals surface area contributed by atoms with Crippen LogP contribution in [0.2, 0.25) is 0 Å². The van der Waals surface area contributed by atoms with Crippen molar-refractivity contribution < 1.29 is 19.1 Å². The fraction of sp³-hybridized carbons (Fsp3) is 0.615. The van der Waals surface area contributed by atoms with Gasteiger partial charge in [0.15, 0.2) is 12.1 Å². The van der Waals surface area contributed by atoms with Gasteiger partial charge in [0, 0.05) is 19.0 Å². The number of amides is 1. The summed E-state index contributed by atoms with van der Waals surface area (Å²) in [7, 11) is 0. The lowest BCUT2D eigenvalue weighted by Gasteiger charge is -2.35. The van der Waals surface area contributed by atoms with E-state index in [1.54, 1.807) is 11.8 Å². The molecular formula is C13H18N2O4. The van der Waals surface area contributed by atoms with E-state index in [1.165, 1.54) is 6.39 Å². The van der Waals surface area contributed by atoms with Crippen LogP contribution in [0.4, 0.5) is 0 Å². The minimum absolute atomic E-state index is 0.00606. The van der Waals surface area contributed by atoms with E-state index in [4.69, 9.17) is 9.52 Å². The molecule has 19 heavy (non-hydrogen) atoms. The molecule has 1 aromatic heterocycles. The molecule has 1 aromatic rings. The fourth-order valence-corrected chi connectivity index (χ4v) is 2.50. The molecule has 0 aromatic carbocycles. The largest absolute Gasteiger partial charge is 0.481 e.